The molecule has 5 rings (SSSR count). The molecule has 0 saturated carbocycles. The summed E-state index contributed by atoms with van der Waals surface area (Å²) in [5.74, 6) is 2.91. The largest absolute Gasteiger partial charge is 0.370 e. The van der Waals surface area contributed by atoms with Crippen LogP contribution < -0.4 is 10.2 Å². The van der Waals surface area contributed by atoms with Gasteiger partial charge in [0.1, 0.15) is 11.6 Å². The third-order valence-corrected chi connectivity index (χ3v) is 7.21. The van der Waals surface area contributed by atoms with Crippen LogP contribution >= 0.6 is 0 Å². The van der Waals surface area contributed by atoms with Gasteiger partial charge in [0.05, 0.1) is 11.8 Å². The van der Waals surface area contributed by atoms with E-state index in [2.05, 4.69) is 56.2 Å². The number of benzene rings is 1. The molecule has 3 aromatic heterocycles. The van der Waals surface area contributed by atoms with Crippen LogP contribution in [0, 0.1) is 5.92 Å². The summed E-state index contributed by atoms with van der Waals surface area (Å²) in [6.45, 7) is 3.38. The fraction of sp³-hybridized carbons (Fsp3) is 0.360. The first-order valence-electron chi connectivity index (χ1n) is 11.7. The van der Waals surface area contributed by atoms with Gasteiger partial charge in [-0.3, -0.25) is 4.21 Å². The molecule has 1 N–H and O–H groups in total. The molecule has 1 aliphatic heterocycles. The van der Waals surface area contributed by atoms with E-state index in [1.165, 1.54) is 18.0 Å². The number of aromatic nitrogens is 5. The second-order valence-electron chi connectivity index (χ2n) is 9.33. The van der Waals surface area contributed by atoms with Crippen LogP contribution in [-0.2, 0) is 10.8 Å². The van der Waals surface area contributed by atoms with Gasteiger partial charge in [-0.15, -0.1) is 0 Å². The van der Waals surface area contributed by atoms with E-state index in [9.17, 15) is 13.0 Å². The Morgan fingerprint density at radius 2 is 1.92 bits per heavy atom. The van der Waals surface area contributed by atoms with E-state index in [1.54, 1.807) is 18.5 Å². The third-order valence-electron chi connectivity index (χ3n) is 6.27. The molecule has 0 radical (unpaired) electrons. The Morgan fingerprint density at radius 3 is 2.61 bits per heavy atom. The smallest absolute Gasteiger partial charge is 0.333 e. The molecule has 1 atom stereocenters. The normalized spacial score (nSPS) is 15.0. The monoisotopic (exact) mass is 511 g/mol. The van der Waals surface area contributed by atoms with Crippen molar-refractivity contribution >= 4 is 38.9 Å². The highest BCUT2D eigenvalue weighted by Gasteiger charge is 2.29. The van der Waals surface area contributed by atoms with Crippen molar-refractivity contribution in [3.8, 4) is 11.4 Å². The molecule has 1 fully saturated rings. The minimum absolute atomic E-state index is 0.290. The van der Waals surface area contributed by atoms with E-state index in [0.717, 1.165) is 35.3 Å². The van der Waals surface area contributed by atoms with Crippen molar-refractivity contribution in [1.82, 2.24) is 24.7 Å². The summed E-state index contributed by atoms with van der Waals surface area (Å²) in [5.41, 5.74) is 2.75. The fourth-order valence-electron chi connectivity index (χ4n) is 4.56. The van der Waals surface area contributed by atoms with E-state index in [1.807, 2.05) is 12.3 Å². The molecule has 4 aromatic rings. The predicted molar refractivity (Wildman–Crippen MR) is 138 cm³/mol. The van der Waals surface area contributed by atoms with Crippen molar-refractivity contribution in [2.45, 2.75) is 26.3 Å². The number of halogens is 2. The van der Waals surface area contributed by atoms with Crippen LogP contribution in [0.4, 0.5) is 26.1 Å². The van der Waals surface area contributed by atoms with Crippen molar-refractivity contribution in [2.24, 2.45) is 5.92 Å². The SMILES string of the molecule is CC(C)c1ccc(N2CC(CS(C)=O)C2)c2cnc(Nc3ccnc(-c4cnn(C(F)F)c4)n3)cc12. The number of alkyl halides is 2. The summed E-state index contributed by atoms with van der Waals surface area (Å²) in [6, 6.07) is 8.04. The van der Waals surface area contributed by atoms with Crippen LogP contribution in [0.5, 0.6) is 0 Å². The Morgan fingerprint density at radius 1 is 1.11 bits per heavy atom. The lowest BCUT2D eigenvalue weighted by Gasteiger charge is -2.41. The van der Waals surface area contributed by atoms with Gasteiger partial charge in [-0.05, 0) is 35.1 Å². The number of hydrogen-bond donors (Lipinski definition) is 1. The molecule has 188 valence electrons. The number of hydrogen-bond acceptors (Lipinski definition) is 7. The fourth-order valence-corrected chi connectivity index (χ4v) is 5.43. The molecule has 11 heteroatoms. The summed E-state index contributed by atoms with van der Waals surface area (Å²) in [4.78, 5) is 15.6. The molecule has 0 aliphatic carbocycles. The van der Waals surface area contributed by atoms with Gasteiger partial charge in [0.2, 0.25) is 0 Å². The standard InChI is InChI=1S/C25H27F2N7OS/c1-15(2)18-4-5-21(33-11-16(12-33)14-36(3)35)20-10-29-23(8-19(18)20)31-22-6-7-28-24(32-22)17-9-30-34(13-17)25(26)27/h4-10,13,15-16,25H,11-12,14H2,1-3H3,(H,28,29,31,32). The Balaban J connectivity index is 1.43. The van der Waals surface area contributed by atoms with Crippen molar-refractivity contribution in [1.29, 1.82) is 0 Å². The van der Waals surface area contributed by atoms with Crippen LogP contribution in [0.3, 0.4) is 0 Å². The topological polar surface area (TPSA) is 88.8 Å². The van der Waals surface area contributed by atoms with Crippen molar-refractivity contribution in [3.05, 3.63) is 54.6 Å². The van der Waals surface area contributed by atoms with Crippen molar-refractivity contribution in [2.75, 3.05) is 35.3 Å². The first-order chi connectivity index (χ1) is 17.3. The maximum atomic E-state index is 12.9. The summed E-state index contributed by atoms with van der Waals surface area (Å²) in [7, 11) is -0.786. The minimum Gasteiger partial charge on any atom is -0.370 e. The summed E-state index contributed by atoms with van der Waals surface area (Å²) >= 11 is 0. The van der Waals surface area contributed by atoms with Gasteiger partial charge in [0.15, 0.2) is 5.82 Å². The van der Waals surface area contributed by atoms with Crippen LogP contribution in [0.15, 0.2) is 49.1 Å². The van der Waals surface area contributed by atoms with Gasteiger partial charge >= 0.3 is 6.55 Å². The van der Waals surface area contributed by atoms with Gasteiger partial charge < -0.3 is 10.2 Å². The average Bonchev–Trinajstić information content (AvgIpc) is 3.31. The molecule has 8 nitrogen and oxygen atoms in total. The first-order valence-corrected chi connectivity index (χ1v) is 13.4. The highest BCUT2D eigenvalue weighted by molar-refractivity contribution is 7.84. The number of rotatable bonds is 8. The second-order valence-corrected chi connectivity index (χ2v) is 10.8. The predicted octanol–water partition coefficient (Wildman–Crippen LogP) is 4.97. The Bertz CT molecular complexity index is 1420. The van der Waals surface area contributed by atoms with Crippen LogP contribution in [-0.4, -0.2) is 54.0 Å². The first kappa shape index (κ1) is 24.2. The van der Waals surface area contributed by atoms with E-state index in [0.29, 0.717) is 33.7 Å². The third kappa shape index (κ3) is 4.92. The zero-order chi connectivity index (χ0) is 25.4. The molecule has 0 spiro atoms. The molecular formula is C25H27F2N7OS. The maximum Gasteiger partial charge on any atom is 0.333 e. The molecule has 1 unspecified atom stereocenters. The summed E-state index contributed by atoms with van der Waals surface area (Å²) < 4.78 is 37.9. The quantitative estimate of drug-likeness (QED) is 0.357. The average molecular weight is 512 g/mol. The highest BCUT2D eigenvalue weighted by atomic mass is 32.2. The van der Waals surface area contributed by atoms with Crippen LogP contribution in [0.25, 0.3) is 22.2 Å². The molecule has 1 aliphatic rings. The Kier molecular flexibility index (Phi) is 6.65. The van der Waals surface area contributed by atoms with Crippen molar-refractivity contribution in [3.63, 3.8) is 0 Å². The molecular weight excluding hydrogens is 484 g/mol. The lowest BCUT2D eigenvalue weighted by atomic mass is 9.93. The van der Waals surface area contributed by atoms with Gasteiger partial charge in [-0.25, -0.2) is 19.6 Å². The lowest BCUT2D eigenvalue weighted by Crippen LogP contribution is -2.49. The summed E-state index contributed by atoms with van der Waals surface area (Å²) in [5, 5.41) is 9.06. The second kappa shape index (κ2) is 9.88. The molecule has 0 bridgehead atoms. The van der Waals surface area contributed by atoms with Crippen LogP contribution in [0.2, 0.25) is 0 Å². The number of anilines is 3. The zero-order valence-corrected chi connectivity index (χ0v) is 21.0. The van der Waals surface area contributed by atoms with E-state index in [-0.39, 0.29) is 5.82 Å². The van der Waals surface area contributed by atoms with Gasteiger partial charge in [0, 0.05) is 71.5 Å². The van der Waals surface area contributed by atoms with Crippen LogP contribution in [0.1, 0.15) is 31.9 Å². The molecule has 1 saturated heterocycles. The molecule has 1 aromatic carbocycles. The number of pyridine rings is 1. The summed E-state index contributed by atoms with van der Waals surface area (Å²) in [6.07, 6.45) is 7.72. The van der Waals surface area contributed by atoms with E-state index in [4.69, 9.17) is 0 Å². The number of nitrogens with zero attached hydrogens (tertiary/aromatic N) is 6. The number of nitrogens with one attached hydrogen (secondary N) is 1. The lowest BCUT2D eigenvalue weighted by molar-refractivity contribution is 0.0566. The van der Waals surface area contributed by atoms with E-state index >= 15 is 0 Å². The zero-order valence-electron chi connectivity index (χ0n) is 20.2. The minimum atomic E-state index is -2.72. The highest BCUT2D eigenvalue weighted by Crippen LogP contribution is 2.37. The Hall–Kier alpha value is -3.47. The van der Waals surface area contributed by atoms with Gasteiger partial charge in [-0.1, -0.05) is 19.9 Å². The molecule has 0 amide bonds. The van der Waals surface area contributed by atoms with Gasteiger partial charge in [0.25, 0.3) is 0 Å². The molecule has 36 heavy (non-hydrogen) atoms. The van der Waals surface area contributed by atoms with Crippen molar-refractivity contribution < 1.29 is 13.0 Å². The van der Waals surface area contributed by atoms with E-state index < -0.39 is 17.3 Å². The maximum absolute atomic E-state index is 12.9. The van der Waals surface area contributed by atoms with Gasteiger partial charge in [-0.2, -0.15) is 13.9 Å². The number of fused-ring (bicyclic) bond motifs is 1. The Labute approximate surface area is 210 Å². The molecule has 4 heterocycles.